The molecule has 2 aromatic rings. The number of benzene rings is 1. The van der Waals surface area contributed by atoms with Crippen molar-refractivity contribution in [2.45, 2.75) is 25.3 Å². The minimum Gasteiger partial charge on any atom is -0.409 e. The molecule has 104 valence electrons. The Morgan fingerprint density at radius 3 is 2.75 bits per heavy atom. The maximum atomic E-state index is 8.61. The minimum absolute atomic E-state index is 0.212. The zero-order valence-electron chi connectivity index (χ0n) is 11.0. The fraction of sp³-hybridized carbons (Fsp3) is 0.385. The van der Waals surface area contributed by atoms with E-state index in [0.717, 1.165) is 23.9 Å². The van der Waals surface area contributed by atoms with Crippen molar-refractivity contribution in [2.24, 2.45) is 10.9 Å². The molecule has 1 fully saturated rings. The van der Waals surface area contributed by atoms with E-state index in [1.165, 1.54) is 0 Å². The molecule has 3 N–H and O–H groups in total. The average Bonchev–Trinajstić information content (AvgIpc) is 3.32. The Labute approximate surface area is 116 Å². The van der Waals surface area contributed by atoms with E-state index >= 15 is 0 Å². The zero-order valence-corrected chi connectivity index (χ0v) is 11.0. The lowest BCUT2D eigenvalue weighted by Crippen LogP contribution is -2.31. The molecule has 20 heavy (non-hydrogen) atoms. The van der Waals surface area contributed by atoms with E-state index in [2.05, 4.69) is 25.2 Å². The van der Waals surface area contributed by atoms with Crippen LogP contribution in [0.2, 0.25) is 0 Å². The number of hydrogen-bond donors (Lipinski definition) is 2. The highest BCUT2D eigenvalue weighted by Gasteiger charge is 2.31. The van der Waals surface area contributed by atoms with Crippen LogP contribution in [0.5, 0.6) is 0 Å². The molecule has 1 aliphatic carbocycles. The number of oxime groups is 1. The van der Waals surface area contributed by atoms with Gasteiger partial charge in [-0.3, -0.25) is 0 Å². The molecule has 0 bridgehead atoms. The summed E-state index contributed by atoms with van der Waals surface area (Å²) in [6.45, 7) is 0.626. The Kier molecular flexibility index (Phi) is 3.32. The number of para-hydroxylation sites is 1. The third-order valence-electron chi connectivity index (χ3n) is 3.33. The summed E-state index contributed by atoms with van der Waals surface area (Å²) >= 11 is 0. The van der Waals surface area contributed by atoms with Crippen molar-refractivity contribution in [1.82, 2.24) is 15.2 Å². The van der Waals surface area contributed by atoms with Gasteiger partial charge in [0, 0.05) is 19.0 Å². The molecule has 0 unspecified atom stereocenters. The van der Waals surface area contributed by atoms with E-state index in [1.807, 2.05) is 24.3 Å². The molecular weight excluding hydrogens is 256 g/mol. The summed E-state index contributed by atoms with van der Waals surface area (Å²) in [5, 5.41) is 20.0. The number of hydrogen-bond acceptors (Lipinski definition) is 6. The van der Waals surface area contributed by atoms with Gasteiger partial charge in [0.2, 0.25) is 5.95 Å². The molecule has 0 radical (unpaired) electrons. The van der Waals surface area contributed by atoms with Crippen molar-refractivity contribution in [1.29, 1.82) is 0 Å². The largest absolute Gasteiger partial charge is 0.409 e. The Bertz CT molecular complexity index is 640. The van der Waals surface area contributed by atoms with Crippen LogP contribution in [-0.2, 0) is 0 Å². The Morgan fingerprint density at radius 2 is 2.05 bits per heavy atom. The third-order valence-corrected chi connectivity index (χ3v) is 3.33. The SMILES string of the molecule is N/C(CCN(c1nnc2ccccc2n1)C1CC1)=N/O. The first-order valence-electron chi connectivity index (χ1n) is 6.60. The normalized spacial score (nSPS) is 15.5. The maximum Gasteiger partial charge on any atom is 0.246 e. The summed E-state index contributed by atoms with van der Waals surface area (Å²) in [6.07, 6.45) is 2.71. The number of rotatable bonds is 5. The lowest BCUT2D eigenvalue weighted by molar-refractivity contribution is 0.317. The van der Waals surface area contributed by atoms with Crippen LogP contribution in [0.4, 0.5) is 5.95 Å². The molecule has 0 spiro atoms. The summed E-state index contributed by atoms with van der Waals surface area (Å²) in [5.74, 6) is 0.821. The highest BCUT2D eigenvalue weighted by Crippen LogP contribution is 2.30. The Balaban J connectivity index is 1.85. The molecular formula is C13H16N6O. The van der Waals surface area contributed by atoms with Crippen LogP contribution in [-0.4, -0.2) is 38.8 Å². The van der Waals surface area contributed by atoms with Crippen molar-refractivity contribution in [2.75, 3.05) is 11.4 Å². The van der Waals surface area contributed by atoms with Gasteiger partial charge in [-0.2, -0.15) is 0 Å². The van der Waals surface area contributed by atoms with Gasteiger partial charge in [-0.05, 0) is 25.0 Å². The second kappa shape index (κ2) is 5.28. The standard InChI is InChI=1S/C13H16N6O/c14-12(18-20)7-8-19(9-5-6-9)13-15-10-3-1-2-4-11(10)16-17-13/h1-4,9,20H,5-8H2,(H2,14,18). The molecule has 1 aromatic heterocycles. The average molecular weight is 272 g/mol. The number of nitrogens with zero attached hydrogens (tertiary/aromatic N) is 5. The molecule has 0 atom stereocenters. The number of fused-ring (bicyclic) bond motifs is 1. The van der Waals surface area contributed by atoms with Gasteiger partial charge >= 0.3 is 0 Å². The van der Waals surface area contributed by atoms with Crippen molar-refractivity contribution >= 4 is 22.8 Å². The predicted molar refractivity (Wildman–Crippen MR) is 75.7 cm³/mol. The molecule has 1 saturated carbocycles. The molecule has 1 aromatic carbocycles. The first kappa shape index (κ1) is 12.6. The van der Waals surface area contributed by atoms with Crippen molar-refractivity contribution in [3.63, 3.8) is 0 Å². The van der Waals surface area contributed by atoms with Crippen molar-refractivity contribution < 1.29 is 5.21 Å². The van der Waals surface area contributed by atoms with Crippen LogP contribution in [0.25, 0.3) is 11.0 Å². The third kappa shape index (κ3) is 2.61. The molecule has 7 nitrogen and oxygen atoms in total. The van der Waals surface area contributed by atoms with Crippen LogP contribution < -0.4 is 10.6 Å². The van der Waals surface area contributed by atoms with Crippen LogP contribution >= 0.6 is 0 Å². The molecule has 0 aliphatic heterocycles. The maximum absolute atomic E-state index is 8.61. The van der Waals surface area contributed by atoms with Gasteiger partial charge in [0.15, 0.2) is 0 Å². The summed E-state index contributed by atoms with van der Waals surface area (Å²) in [5.41, 5.74) is 7.13. The minimum atomic E-state index is 0.212. The summed E-state index contributed by atoms with van der Waals surface area (Å²) in [7, 11) is 0. The fourth-order valence-corrected chi connectivity index (χ4v) is 2.11. The molecule has 3 rings (SSSR count). The second-order valence-electron chi connectivity index (χ2n) is 4.87. The fourth-order valence-electron chi connectivity index (χ4n) is 2.11. The number of anilines is 1. The van der Waals surface area contributed by atoms with Crippen LogP contribution in [0.1, 0.15) is 19.3 Å². The first-order chi connectivity index (χ1) is 9.78. The quantitative estimate of drug-likeness (QED) is 0.366. The lowest BCUT2D eigenvalue weighted by Gasteiger charge is -2.21. The number of aromatic nitrogens is 3. The molecule has 1 aliphatic rings. The van der Waals surface area contributed by atoms with E-state index in [-0.39, 0.29) is 5.84 Å². The summed E-state index contributed by atoms with van der Waals surface area (Å²) in [6, 6.07) is 8.08. The van der Waals surface area contributed by atoms with Crippen molar-refractivity contribution in [3.05, 3.63) is 24.3 Å². The van der Waals surface area contributed by atoms with Gasteiger partial charge in [0.1, 0.15) is 11.4 Å². The van der Waals surface area contributed by atoms with Gasteiger partial charge in [0.05, 0.1) is 5.52 Å². The molecule has 7 heteroatoms. The molecule has 1 heterocycles. The second-order valence-corrected chi connectivity index (χ2v) is 4.87. The predicted octanol–water partition coefficient (Wildman–Crippen LogP) is 1.13. The van der Waals surface area contributed by atoms with E-state index in [1.54, 1.807) is 0 Å². The first-order valence-corrected chi connectivity index (χ1v) is 6.60. The summed E-state index contributed by atoms with van der Waals surface area (Å²) < 4.78 is 0. The van der Waals surface area contributed by atoms with Gasteiger partial charge in [-0.15, -0.1) is 10.2 Å². The van der Waals surface area contributed by atoms with E-state index in [0.29, 0.717) is 25.0 Å². The van der Waals surface area contributed by atoms with Gasteiger partial charge in [0.25, 0.3) is 0 Å². The topological polar surface area (TPSA) is 101 Å². The van der Waals surface area contributed by atoms with Crippen LogP contribution in [0.15, 0.2) is 29.4 Å². The monoisotopic (exact) mass is 272 g/mol. The van der Waals surface area contributed by atoms with Crippen LogP contribution in [0, 0.1) is 0 Å². The zero-order chi connectivity index (χ0) is 13.9. The van der Waals surface area contributed by atoms with Gasteiger partial charge < -0.3 is 15.8 Å². The van der Waals surface area contributed by atoms with Crippen LogP contribution in [0.3, 0.4) is 0 Å². The smallest absolute Gasteiger partial charge is 0.246 e. The van der Waals surface area contributed by atoms with E-state index < -0.39 is 0 Å². The van der Waals surface area contributed by atoms with E-state index in [9.17, 15) is 0 Å². The lowest BCUT2D eigenvalue weighted by atomic mass is 10.3. The number of amidine groups is 1. The Hall–Kier alpha value is -2.44. The highest BCUT2D eigenvalue weighted by atomic mass is 16.4. The van der Waals surface area contributed by atoms with Crippen molar-refractivity contribution in [3.8, 4) is 0 Å². The van der Waals surface area contributed by atoms with Gasteiger partial charge in [-0.25, -0.2) is 4.98 Å². The highest BCUT2D eigenvalue weighted by molar-refractivity contribution is 5.80. The van der Waals surface area contributed by atoms with Gasteiger partial charge in [-0.1, -0.05) is 17.3 Å². The summed E-state index contributed by atoms with van der Waals surface area (Å²) in [4.78, 5) is 6.63. The Morgan fingerprint density at radius 1 is 1.30 bits per heavy atom. The number of nitrogens with two attached hydrogens (primary N) is 1. The molecule has 0 amide bonds. The van der Waals surface area contributed by atoms with E-state index in [4.69, 9.17) is 10.9 Å². The molecule has 0 saturated heterocycles.